The Morgan fingerprint density at radius 1 is 1.03 bits per heavy atom. The average molecular weight is 529 g/mol. The smallest absolute Gasteiger partial charge is 0.243 e. The monoisotopic (exact) mass is 527 g/mol. The van der Waals surface area contributed by atoms with Crippen LogP contribution in [0.25, 0.3) is 0 Å². The van der Waals surface area contributed by atoms with Gasteiger partial charge in [-0.2, -0.15) is 4.31 Å². The van der Waals surface area contributed by atoms with E-state index >= 15 is 0 Å². The van der Waals surface area contributed by atoms with Gasteiger partial charge in [0.05, 0.1) is 11.4 Å². The Bertz CT molecular complexity index is 1090. The summed E-state index contributed by atoms with van der Waals surface area (Å²) >= 11 is 12.2. The molecule has 1 atom stereocenters. The van der Waals surface area contributed by atoms with Gasteiger partial charge in [-0.1, -0.05) is 62.2 Å². The van der Waals surface area contributed by atoms with Gasteiger partial charge in [0.1, 0.15) is 6.04 Å². The van der Waals surface area contributed by atoms with Crippen molar-refractivity contribution in [3.8, 4) is 0 Å². The van der Waals surface area contributed by atoms with E-state index in [9.17, 15) is 18.0 Å². The molecule has 2 rings (SSSR count). The normalized spacial score (nSPS) is 12.6. The van der Waals surface area contributed by atoms with E-state index < -0.39 is 28.5 Å². The van der Waals surface area contributed by atoms with Crippen LogP contribution in [0.4, 0.5) is 0 Å². The molecule has 2 amide bonds. The summed E-state index contributed by atoms with van der Waals surface area (Å²) in [6, 6.07) is 12.0. The van der Waals surface area contributed by atoms with Gasteiger partial charge in [-0.15, -0.1) is 0 Å². The number of rotatable bonds is 11. The Balaban J connectivity index is 2.32. The molecule has 0 aromatic heterocycles. The van der Waals surface area contributed by atoms with Crippen LogP contribution in [0.15, 0.2) is 53.4 Å². The predicted molar refractivity (Wildman–Crippen MR) is 135 cm³/mol. The van der Waals surface area contributed by atoms with Crippen LogP contribution in [0.2, 0.25) is 10.0 Å². The third kappa shape index (κ3) is 7.43. The van der Waals surface area contributed by atoms with Crippen LogP contribution in [0.5, 0.6) is 0 Å². The Kier molecular flexibility index (Phi) is 10.4. The van der Waals surface area contributed by atoms with Gasteiger partial charge in [0, 0.05) is 30.2 Å². The second-order valence-corrected chi connectivity index (χ2v) is 11.3. The lowest BCUT2D eigenvalue weighted by molar-refractivity contribution is -0.141. The second kappa shape index (κ2) is 12.5. The summed E-state index contributed by atoms with van der Waals surface area (Å²) < 4.78 is 26.9. The number of hydrogen-bond acceptors (Lipinski definition) is 4. The first-order valence-corrected chi connectivity index (χ1v) is 13.2. The summed E-state index contributed by atoms with van der Waals surface area (Å²) in [5.74, 6) is -0.559. The van der Waals surface area contributed by atoms with E-state index in [4.69, 9.17) is 23.2 Å². The SMILES string of the molecule is CCC(C(=O)NCC(C)C)N(Cc1ccccc1Cl)C(=O)CN(C)S(=O)(=O)c1ccc(Cl)cc1. The van der Waals surface area contributed by atoms with Crippen LogP contribution < -0.4 is 5.32 Å². The zero-order valence-electron chi connectivity index (χ0n) is 19.8. The summed E-state index contributed by atoms with van der Waals surface area (Å²) in [5, 5.41) is 3.74. The number of amides is 2. The Morgan fingerprint density at radius 3 is 2.21 bits per heavy atom. The van der Waals surface area contributed by atoms with Crippen LogP contribution >= 0.6 is 23.2 Å². The molecule has 0 saturated carbocycles. The average Bonchev–Trinajstić information content (AvgIpc) is 2.78. The van der Waals surface area contributed by atoms with E-state index in [0.717, 1.165) is 4.31 Å². The molecule has 0 saturated heterocycles. The topological polar surface area (TPSA) is 86.8 Å². The molecule has 2 aromatic carbocycles. The van der Waals surface area contributed by atoms with Gasteiger partial charge in [0.15, 0.2) is 0 Å². The van der Waals surface area contributed by atoms with Crippen molar-refractivity contribution in [2.75, 3.05) is 20.1 Å². The molecule has 1 N–H and O–H groups in total. The first kappa shape index (κ1) is 28.1. The summed E-state index contributed by atoms with van der Waals surface area (Å²) in [4.78, 5) is 27.8. The molecule has 0 aliphatic rings. The lowest BCUT2D eigenvalue weighted by atomic mass is 10.1. The molecular weight excluding hydrogens is 497 g/mol. The zero-order valence-corrected chi connectivity index (χ0v) is 22.1. The summed E-state index contributed by atoms with van der Waals surface area (Å²) in [7, 11) is -2.61. The molecule has 1 unspecified atom stereocenters. The number of carbonyl (C=O) groups is 2. The van der Waals surface area contributed by atoms with Crippen molar-refractivity contribution < 1.29 is 18.0 Å². The molecule has 0 heterocycles. The highest BCUT2D eigenvalue weighted by atomic mass is 35.5. The first-order valence-electron chi connectivity index (χ1n) is 11.0. The van der Waals surface area contributed by atoms with Crippen molar-refractivity contribution >= 4 is 45.0 Å². The van der Waals surface area contributed by atoms with Crippen molar-refractivity contribution in [1.82, 2.24) is 14.5 Å². The minimum atomic E-state index is -3.94. The van der Waals surface area contributed by atoms with Gasteiger partial charge in [-0.3, -0.25) is 9.59 Å². The number of likely N-dealkylation sites (N-methyl/N-ethyl adjacent to an activating group) is 1. The number of benzene rings is 2. The summed E-state index contributed by atoms with van der Waals surface area (Å²) in [6.45, 7) is 5.86. The van der Waals surface area contributed by atoms with Crippen molar-refractivity contribution in [2.45, 2.75) is 44.7 Å². The molecule has 0 aliphatic carbocycles. The van der Waals surface area contributed by atoms with Gasteiger partial charge in [-0.25, -0.2) is 8.42 Å². The van der Waals surface area contributed by atoms with Crippen LogP contribution in [0, 0.1) is 5.92 Å². The van der Waals surface area contributed by atoms with E-state index in [2.05, 4.69) is 5.32 Å². The lowest BCUT2D eigenvalue weighted by Crippen LogP contribution is -2.52. The second-order valence-electron chi connectivity index (χ2n) is 8.39. The predicted octanol–water partition coefficient (Wildman–Crippen LogP) is 4.19. The molecular formula is C24H31Cl2N3O4S. The Morgan fingerprint density at radius 2 is 1.65 bits per heavy atom. The van der Waals surface area contributed by atoms with E-state index in [1.165, 1.54) is 36.2 Å². The quantitative estimate of drug-likeness (QED) is 0.474. The zero-order chi connectivity index (χ0) is 25.5. The maximum atomic E-state index is 13.4. The number of carbonyl (C=O) groups excluding carboxylic acids is 2. The van der Waals surface area contributed by atoms with Crippen molar-refractivity contribution in [3.63, 3.8) is 0 Å². The van der Waals surface area contributed by atoms with Crippen LogP contribution in [0.3, 0.4) is 0 Å². The fraction of sp³-hybridized carbons (Fsp3) is 0.417. The van der Waals surface area contributed by atoms with Crippen molar-refractivity contribution in [3.05, 3.63) is 64.1 Å². The molecule has 10 heteroatoms. The Labute approximate surface area is 212 Å². The number of hydrogen-bond donors (Lipinski definition) is 1. The van der Waals surface area contributed by atoms with E-state index in [-0.39, 0.29) is 23.3 Å². The first-order chi connectivity index (χ1) is 16.0. The van der Waals surface area contributed by atoms with Crippen molar-refractivity contribution in [2.24, 2.45) is 5.92 Å². The van der Waals surface area contributed by atoms with Gasteiger partial charge >= 0.3 is 0 Å². The highest BCUT2D eigenvalue weighted by molar-refractivity contribution is 7.89. The molecule has 7 nitrogen and oxygen atoms in total. The van der Waals surface area contributed by atoms with Crippen molar-refractivity contribution in [1.29, 1.82) is 0 Å². The van der Waals surface area contributed by atoms with Crippen LogP contribution in [-0.4, -0.2) is 55.6 Å². The number of nitrogens with zero attached hydrogens (tertiary/aromatic N) is 2. The highest BCUT2D eigenvalue weighted by Crippen LogP contribution is 2.21. The molecule has 2 aromatic rings. The minimum Gasteiger partial charge on any atom is -0.354 e. The van der Waals surface area contributed by atoms with Crippen LogP contribution in [0.1, 0.15) is 32.8 Å². The third-order valence-electron chi connectivity index (χ3n) is 5.25. The maximum Gasteiger partial charge on any atom is 0.243 e. The summed E-state index contributed by atoms with van der Waals surface area (Å²) in [5.41, 5.74) is 0.663. The largest absolute Gasteiger partial charge is 0.354 e. The fourth-order valence-corrected chi connectivity index (χ4v) is 4.75. The molecule has 0 bridgehead atoms. The lowest BCUT2D eigenvalue weighted by Gasteiger charge is -2.32. The maximum absolute atomic E-state index is 13.4. The number of nitrogens with one attached hydrogen (secondary N) is 1. The number of sulfonamides is 1. The fourth-order valence-electron chi connectivity index (χ4n) is 3.30. The highest BCUT2D eigenvalue weighted by Gasteiger charge is 2.32. The summed E-state index contributed by atoms with van der Waals surface area (Å²) in [6.07, 6.45) is 0.355. The molecule has 186 valence electrons. The molecule has 0 aliphatic heterocycles. The van der Waals surface area contributed by atoms with Gasteiger partial charge in [-0.05, 0) is 48.2 Å². The van der Waals surface area contributed by atoms with Gasteiger partial charge < -0.3 is 10.2 Å². The molecule has 0 radical (unpaired) electrons. The van der Waals surface area contributed by atoms with Gasteiger partial charge in [0.2, 0.25) is 21.8 Å². The minimum absolute atomic E-state index is 0.0200. The third-order valence-corrected chi connectivity index (χ3v) is 7.69. The van der Waals surface area contributed by atoms with E-state index in [0.29, 0.717) is 28.6 Å². The molecule has 0 spiro atoms. The van der Waals surface area contributed by atoms with E-state index in [1.54, 1.807) is 31.2 Å². The molecule has 34 heavy (non-hydrogen) atoms. The van der Waals surface area contributed by atoms with Crippen LogP contribution in [-0.2, 0) is 26.2 Å². The molecule has 0 fully saturated rings. The Hall–Kier alpha value is -2.13. The number of halogens is 2. The van der Waals surface area contributed by atoms with E-state index in [1.807, 2.05) is 13.8 Å². The van der Waals surface area contributed by atoms with Gasteiger partial charge in [0.25, 0.3) is 0 Å². The standard InChI is InChI=1S/C24H31Cl2N3O4S/c1-5-22(24(31)27-14-17(2)3)29(15-18-8-6-7-9-21(18)26)23(30)16-28(4)34(32,33)20-12-10-19(25)11-13-20/h6-13,17,22H,5,14-16H2,1-4H3,(H,27,31).